The maximum Gasteiger partial charge on any atom is 0.269 e. The van der Waals surface area contributed by atoms with Crippen LogP contribution in [0.4, 0.5) is 5.69 Å². The van der Waals surface area contributed by atoms with Gasteiger partial charge in [-0.3, -0.25) is 14.9 Å². The summed E-state index contributed by atoms with van der Waals surface area (Å²) in [7, 11) is 0. The van der Waals surface area contributed by atoms with Crippen LogP contribution in [-0.4, -0.2) is 22.6 Å². The first-order chi connectivity index (χ1) is 9.65. The Kier molecular flexibility index (Phi) is 5.40. The molecule has 1 fully saturated rings. The number of thioether (sulfide) groups is 1. The second-order valence-corrected chi connectivity index (χ2v) is 5.95. The van der Waals surface area contributed by atoms with Gasteiger partial charge in [0.15, 0.2) is 0 Å². The maximum absolute atomic E-state index is 11.7. The number of hydrogen-bond acceptors (Lipinski definition) is 4. The predicted octanol–water partition coefficient (Wildman–Crippen LogP) is 2.89. The zero-order chi connectivity index (χ0) is 14.4. The maximum atomic E-state index is 11.7. The highest BCUT2D eigenvalue weighted by Gasteiger charge is 2.16. The number of nitrogens with one attached hydrogen (secondary N) is 1. The van der Waals surface area contributed by atoms with Crippen molar-refractivity contribution in [2.75, 3.05) is 5.75 Å². The average molecular weight is 294 g/mol. The molecule has 0 heterocycles. The molecule has 0 atom stereocenters. The Bertz CT molecular complexity index is 487. The summed E-state index contributed by atoms with van der Waals surface area (Å²) in [6.07, 6.45) is 4.57. The van der Waals surface area contributed by atoms with Gasteiger partial charge in [0.1, 0.15) is 0 Å². The Morgan fingerprint density at radius 3 is 2.85 bits per heavy atom. The lowest BCUT2D eigenvalue weighted by Gasteiger charge is -2.11. The molecule has 1 aliphatic rings. The third-order valence-electron chi connectivity index (χ3n) is 3.34. The first-order valence-corrected chi connectivity index (χ1v) is 7.91. The lowest BCUT2D eigenvalue weighted by atomic mass is 10.2. The molecule has 6 heteroatoms. The topological polar surface area (TPSA) is 72.2 Å². The Morgan fingerprint density at radius 1 is 1.40 bits per heavy atom. The van der Waals surface area contributed by atoms with Gasteiger partial charge in [-0.1, -0.05) is 25.0 Å². The Labute approximate surface area is 122 Å². The molecule has 0 spiro atoms. The zero-order valence-electron chi connectivity index (χ0n) is 11.2. The highest BCUT2D eigenvalue weighted by Crippen LogP contribution is 2.19. The van der Waals surface area contributed by atoms with Gasteiger partial charge in [0, 0.05) is 23.9 Å². The lowest BCUT2D eigenvalue weighted by Crippen LogP contribution is -2.33. The van der Waals surface area contributed by atoms with E-state index in [1.165, 1.54) is 30.7 Å². The molecule has 0 saturated heterocycles. The van der Waals surface area contributed by atoms with Crippen molar-refractivity contribution in [3.63, 3.8) is 0 Å². The lowest BCUT2D eigenvalue weighted by molar-refractivity contribution is -0.384. The van der Waals surface area contributed by atoms with Crippen molar-refractivity contribution in [2.45, 2.75) is 37.5 Å². The Morgan fingerprint density at radius 2 is 2.15 bits per heavy atom. The quantitative estimate of drug-likeness (QED) is 0.647. The summed E-state index contributed by atoms with van der Waals surface area (Å²) in [5.41, 5.74) is 0.969. The van der Waals surface area contributed by atoms with E-state index in [1.54, 1.807) is 12.1 Å². The third-order valence-corrected chi connectivity index (χ3v) is 4.35. The van der Waals surface area contributed by atoms with Gasteiger partial charge in [-0.15, -0.1) is 11.8 Å². The molecule has 1 aromatic rings. The summed E-state index contributed by atoms with van der Waals surface area (Å²) in [6, 6.07) is 6.89. The van der Waals surface area contributed by atoms with Crippen molar-refractivity contribution in [1.82, 2.24) is 5.32 Å². The molecule has 5 nitrogen and oxygen atoms in total. The normalized spacial score (nSPS) is 15.2. The van der Waals surface area contributed by atoms with Crippen LogP contribution in [0.15, 0.2) is 24.3 Å². The van der Waals surface area contributed by atoms with Gasteiger partial charge in [-0.25, -0.2) is 0 Å². The molecule has 1 amide bonds. The van der Waals surface area contributed by atoms with E-state index in [0.29, 0.717) is 17.5 Å². The largest absolute Gasteiger partial charge is 0.353 e. The molecule has 108 valence electrons. The molecule has 0 unspecified atom stereocenters. The highest BCUT2D eigenvalue weighted by atomic mass is 32.2. The molecule has 1 aliphatic carbocycles. The molecule has 1 aromatic carbocycles. The van der Waals surface area contributed by atoms with E-state index in [2.05, 4.69) is 5.32 Å². The minimum atomic E-state index is -0.402. The summed E-state index contributed by atoms with van der Waals surface area (Å²) >= 11 is 1.48. The monoisotopic (exact) mass is 294 g/mol. The van der Waals surface area contributed by atoms with Crippen LogP contribution in [0.2, 0.25) is 0 Å². The van der Waals surface area contributed by atoms with Crippen molar-refractivity contribution in [3.05, 3.63) is 39.9 Å². The summed E-state index contributed by atoms with van der Waals surface area (Å²) in [4.78, 5) is 22.0. The van der Waals surface area contributed by atoms with E-state index in [-0.39, 0.29) is 11.6 Å². The molecule has 0 bridgehead atoms. The van der Waals surface area contributed by atoms with Gasteiger partial charge >= 0.3 is 0 Å². The number of benzene rings is 1. The summed E-state index contributed by atoms with van der Waals surface area (Å²) in [5, 5.41) is 13.7. The van der Waals surface area contributed by atoms with Crippen LogP contribution in [0.5, 0.6) is 0 Å². The van der Waals surface area contributed by atoms with E-state index in [0.717, 1.165) is 18.4 Å². The molecule has 1 N–H and O–H groups in total. The minimum Gasteiger partial charge on any atom is -0.353 e. The van der Waals surface area contributed by atoms with Crippen LogP contribution in [0.3, 0.4) is 0 Å². The first kappa shape index (κ1) is 14.8. The Balaban J connectivity index is 1.73. The summed E-state index contributed by atoms with van der Waals surface area (Å²) < 4.78 is 0. The van der Waals surface area contributed by atoms with Crippen molar-refractivity contribution < 1.29 is 9.72 Å². The van der Waals surface area contributed by atoms with E-state index in [1.807, 2.05) is 6.07 Å². The third kappa shape index (κ3) is 4.52. The van der Waals surface area contributed by atoms with Crippen molar-refractivity contribution in [1.29, 1.82) is 0 Å². The van der Waals surface area contributed by atoms with Crippen molar-refractivity contribution in [2.24, 2.45) is 0 Å². The predicted molar refractivity (Wildman–Crippen MR) is 79.7 cm³/mol. The van der Waals surface area contributed by atoms with Gasteiger partial charge in [-0.2, -0.15) is 0 Å². The number of carbonyl (C=O) groups is 1. The van der Waals surface area contributed by atoms with E-state index in [4.69, 9.17) is 0 Å². The molecular weight excluding hydrogens is 276 g/mol. The smallest absolute Gasteiger partial charge is 0.269 e. The van der Waals surface area contributed by atoms with E-state index >= 15 is 0 Å². The standard InChI is InChI=1S/C14H18N2O3S/c17-14(15-12-5-1-2-6-12)10-20-9-11-4-3-7-13(8-11)16(18)19/h3-4,7-8,12H,1-2,5-6,9-10H2,(H,15,17). The molecule has 20 heavy (non-hydrogen) atoms. The van der Waals surface area contributed by atoms with Gasteiger partial charge < -0.3 is 5.32 Å². The number of hydrogen-bond donors (Lipinski definition) is 1. The van der Waals surface area contributed by atoms with Gasteiger partial charge in [0.05, 0.1) is 10.7 Å². The van der Waals surface area contributed by atoms with Crippen LogP contribution in [-0.2, 0) is 10.5 Å². The van der Waals surface area contributed by atoms with E-state index < -0.39 is 4.92 Å². The number of nitrogens with zero attached hydrogens (tertiary/aromatic N) is 1. The fraction of sp³-hybridized carbons (Fsp3) is 0.500. The minimum absolute atomic E-state index is 0.0623. The van der Waals surface area contributed by atoms with E-state index in [9.17, 15) is 14.9 Å². The number of rotatable bonds is 6. The number of carbonyl (C=O) groups excluding carboxylic acids is 1. The molecule has 0 aromatic heterocycles. The number of nitro groups is 1. The van der Waals surface area contributed by atoms with Crippen LogP contribution in [0.1, 0.15) is 31.2 Å². The average Bonchev–Trinajstić information content (AvgIpc) is 2.92. The number of amides is 1. The fourth-order valence-corrected chi connectivity index (χ4v) is 3.15. The van der Waals surface area contributed by atoms with Gasteiger partial charge in [-0.05, 0) is 18.4 Å². The van der Waals surface area contributed by atoms with Crippen LogP contribution < -0.4 is 5.32 Å². The highest BCUT2D eigenvalue weighted by molar-refractivity contribution is 7.99. The molecule has 2 rings (SSSR count). The second-order valence-electron chi connectivity index (χ2n) is 4.97. The molecular formula is C14H18N2O3S. The molecule has 0 radical (unpaired) electrons. The van der Waals surface area contributed by atoms with Crippen molar-refractivity contribution in [3.8, 4) is 0 Å². The summed E-state index contributed by atoms with van der Waals surface area (Å²) in [5.74, 6) is 1.08. The number of nitro benzene ring substituents is 1. The summed E-state index contributed by atoms with van der Waals surface area (Å²) in [6.45, 7) is 0. The SMILES string of the molecule is O=C(CSCc1cccc([N+](=O)[O-])c1)NC1CCCC1. The first-order valence-electron chi connectivity index (χ1n) is 6.75. The second kappa shape index (κ2) is 7.28. The zero-order valence-corrected chi connectivity index (χ0v) is 12.0. The molecule has 1 saturated carbocycles. The number of non-ortho nitro benzene ring substituents is 1. The van der Waals surface area contributed by atoms with Crippen LogP contribution >= 0.6 is 11.8 Å². The van der Waals surface area contributed by atoms with Crippen molar-refractivity contribution >= 4 is 23.4 Å². The van der Waals surface area contributed by atoms with Crippen LogP contribution in [0.25, 0.3) is 0 Å². The van der Waals surface area contributed by atoms with Crippen LogP contribution in [0, 0.1) is 10.1 Å². The Hall–Kier alpha value is -1.56. The van der Waals surface area contributed by atoms with Gasteiger partial charge in [0.25, 0.3) is 5.69 Å². The van der Waals surface area contributed by atoms with Gasteiger partial charge in [0.2, 0.25) is 5.91 Å². The molecule has 0 aliphatic heterocycles. The fourth-order valence-electron chi connectivity index (χ4n) is 2.36.